The molecule has 1 N–H and O–H groups in total. The van der Waals surface area contributed by atoms with Crippen LogP contribution in [0.4, 0.5) is 5.69 Å². The Labute approximate surface area is 195 Å². The Morgan fingerprint density at radius 3 is 2.58 bits per heavy atom. The molecule has 0 atom stereocenters. The second-order valence-electron chi connectivity index (χ2n) is 7.44. The molecule has 4 aromatic rings. The molecule has 0 radical (unpaired) electrons. The minimum atomic E-state index is -0.375. The van der Waals surface area contributed by atoms with Gasteiger partial charge in [0.25, 0.3) is 5.91 Å². The molecule has 0 saturated heterocycles. The molecule has 1 aromatic heterocycles. The molecule has 6 nitrogen and oxygen atoms in total. The van der Waals surface area contributed by atoms with Crippen molar-refractivity contribution in [2.45, 2.75) is 13.5 Å². The molecular formula is C26H23NO5S. The highest BCUT2D eigenvalue weighted by Crippen LogP contribution is 2.29. The number of nitrogens with one attached hydrogen (secondary N) is 1. The average molecular weight is 462 g/mol. The van der Waals surface area contributed by atoms with Gasteiger partial charge in [-0.05, 0) is 72.5 Å². The van der Waals surface area contributed by atoms with Crippen molar-refractivity contribution in [3.05, 3.63) is 88.3 Å². The summed E-state index contributed by atoms with van der Waals surface area (Å²) in [5.74, 6) is 0.772. The van der Waals surface area contributed by atoms with E-state index in [4.69, 9.17) is 14.2 Å². The van der Waals surface area contributed by atoms with Crippen LogP contribution in [0.3, 0.4) is 0 Å². The van der Waals surface area contributed by atoms with Gasteiger partial charge in [-0.15, -0.1) is 11.3 Å². The molecule has 4 rings (SSSR count). The zero-order chi connectivity index (χ0) is 23.4. The van der Waals surface area contributed by atoms with E-state index in [-0.39, 0.29) is 18.5 Å². The molecule has 1 amide bonds. The van der Waals surface area contributed by atoms with Crippen molar-refractivity contribution in [3.8, 4) is 11.5 Å². The zero-order valence-corrected chi connectivity index (χ0v) is 19.3. The Bertz CT molecular complexity index is 1330. The smallest absolute Gasteiger partial charge is 0.348 e. The van der Waals surface area contributed by atoms with E-state index < -0.39 is 0 Å². The van der Waals surface area contributed by atoms with Crippen LogP contribution in [0.1, 0.15) is 31.2 Å². The minimum Gasteiger partial charge on any atom is -0.496 e. The summed E-state index contributed by atoms with van der Waals surface area (Å²) in [6.45, 7) is 2.27. The Balaban J connectivity index is 1.51. The van der Waals surface area contributed by atoms with Gasteiger partial charge in [-0.2, -0.15) is 0 Å². The summed E-state index contributed by atoms with van der Waals surface area (Å²) in [5.41, 5.74) is 2.99. The standard InChI is InChI=1S/C26H23NO5S/c1-16-5-4-6-21(11-16)32-15-19-12-17(7-9-22(19)30-2)25(28)27-20-8-10-23-18(13-20)14-24(33-23)26(29)31-3/h4-14H,15H2,1-3H3,(H,27,28). The van der Waals surface area contributed by atoms with Gasteiger partial charge in [-0.3, -0.25) is 4.79 Å². The number of carbonyl (C=O) groups is 2. The van der Waals surface area contributed by atoms with Gasteiger partial charge in [0, 0.05) is 21.5 Å². The predicted molar refractivity (Wildman–Crippen MR) is 130 cm³/mol. The average Bonchev–Trinajstić information content (AvgIpc) is 3.25. The number of thiophene rings is 1. The Hall–Kier alpha value is -3.84. The number of aryl methyl sites for hydroxylation is 1. The number of ether oxygens (including phenoxy) is 3. The highest BCUT2D eigenvalue weighted by atomic mass is 32.1. The van der Waals surface area contributed by atoms with Crippen molar-refractivity contribution in [1.82, 2.24) is 0 Å². The minimum absolute atomic E-state index is 0.253. The van der Waals surface area contributed by atoms with E-state index in [1.54, 1.807) is 31.4 Å². The fraction of sp³-hybridized carbons (Fsp3) is 0.154. The molecular weight excluding hydrogens is 438 g/mol. The third kappa shape index (κ3) is 5.15. The molecule has 168 valence electrons. The number of esters is 1. The maximum absolute atomic E-state index is 12.9. The Kier molecular flexibility index (Phi) is 6.60. The summed E-state index contributed by atoms with van der Waals surface area (Å²) in [4.78, 5) is 25.2. The van der Waals surface area contributed by atoms with Crippen molar-refractivity contribution >= 4 is 39.0 Å². The number of fused-ring (bicyclic) bond motifs is 1. The van der Waals surface area contributed by atoms with Gasteiger partial charge < -0.3 is 19.5 Å². The molecule has 33 heavy (non-hydrogen) atoms. The summed E-state index contributed by atoms with van der Waals surface area (Å²) in [5, 5.41) is 3.78. The summed E-state index contributed by atoms with van der Waals surface area (Å²) in [6.07, 6.45) is 0. The largest absolute Gasteiger partial charge is 0.496 e. The lowest BCUT2D eigenvalue weighted by atomic mass is 10.1. The molecule has 0 fully saturated rings. The van der Waals surface area contributed by atoms with Gasteiger partial charge in [-0.1, -0.05) is 12.1 Å². The van der Waals surface area contributed by atoms with Crippen LogP contribution in [0.2, 0.25) is 0 Å². The lowest BCUT2D eigenvalue weighted by molar-refractivity contribution is 0.0606. The summed E-state index contributed by atoms with van der Waals surface area (Å²) in [6, 6.07) is 20.3. The van der Waals surface area contributed by atoms with Crippen molar-refractivity contribution in [1.29, 1.82) is 0 Å². The van der Waals surface area contributed by atoms with Crippen LogP contribution in [0.15, 0.2) is 66.7 Å². The topological polar surface area (TPSA) is 73.9 Å². The zero-order valence-electron chi connectivity index (χ0n) is 18.5. The number of benzene rings is 3. The first kappa shape index (κ1) is 22.4. The second kappa shape index (κ2) is 9.75. The fourth-order valence-corrected chi connectivity index (χ4v) is 4.39. The first-order valence-corrected chi connectivity index (χ1v) is 11.1. The number of carbonyl (C=O) groups excluding carboxylic acids is 2. The summed E-state index contributed by atoms with van der Waals surface area (Å²) < 4.78 is 17.1. The maximum Gasteiger partial charge on any atom is 0.348 e. The van der Waals surface area contributed by atoms with Gasteiger partial charge in [0.15, 0.2) is 0 Å². The van der Waals surface area contributed by atoms with E-state index in [0.29, 0.717) is 21.9 Å². The van der Waals surface area contributed by atoms with Crippen LogP contribution in [-0.2, 0) is 11.3 Å². The van der Waals surface area contributed by atoms with Crippen LogP contribution in [-0.4, -0.2) is 26.1 Å². The summed E-state index contributed by atoms with van der Waals surface area (Å²) >= 11 is 1.35. The molecule has 0 unspecified atom stereocenters. The van der Waals surface area contributed by atoms with Crippen molar-refractivity contribution in [3.63, 3.8) is 0 Å². The molecule has 7 heteroatoms. The molecule has 3 aromatic carbocycles. The van der Waals surface area contributed by atoms with Crippen LogP contribution in [0, 0.1) is 6.92 Å². The number of rotatable bonds is 7. The normalized spacial score (nSPS) is 10.6. The molecule has 0 spiro atoms. The number of amides is 1. The quantitative estimate of drug-likeness (QED) is 0.350. The van der Waals surface area contributed by atoms with Crippen LogP contribution in [0.5, 0.6) is 11.5 Å². The van der Waals surface area contributed by atoms with Gasteiger partial charge in [0.2, 0.25) is 0 Å². The monoisotopic (exact) mass is 461 g/mol. The van der Waals surface area contributed by atoms with E-state index in [1.165, 1.54) is 18.4 Å². The van der Waals surface area contributed by atoms with Crippen molar-refractivity contribution < 1.29 is 23.8 Å². The number of hydrogen-bond donors (Lipinski definition) is 1. The number of anilines is 1. The van der Waals surface area contributed by atoms with Gasteiger partial charge in [0.1, 0.15) is 23.0 Å². The molecule has 0 saturated carbocycles. The molecule has 0 bridgehead atoms. The van der Waals surface area contributed by atoms with Gasteiger partial charge in [-0.25, -0.2) is 4.79 Å². The van der Waals surface area contributed by atoms with Gasteiger partial charge >= 0.3 is 5.97 Å². The predicted octanol–water partition coefficient (Wildman–Crippen LogP) is 5.84. The van der Waals surface area contributed by atoms with Crippen molar-refractivity contribution in [2.75, 3.05) is 19.5 Å². The Morgan fingerprint density at radius 1 is 0.970 bits per heavy atom. The second-order valence-corrected chi connectivity index (χ2v) is 8.52. The SMILES string of the molecule is COC(=O)c1cc2cc(NC(=O)c3ccc(OC)c(COc4cccc(C)c4)c3)ccc2s1. The van der Waals surface area contributed by atoms with E-state index in [9.17, 15) is 9.59 Å². The lowest BCUT2D eigenvalue weighted by Gasteiger charge is -2.13. The Morgan fingerprint density at radius 2 is 1.82 bits per heavy atom. The third-order valence-electron chi connectivity index (χ3n) is 5.09. The first-order chi connectivity index (χ1) is 16.0. The molecule has 0 aliphatic carbocycles. The third-order valence-corrected chi connectivity index (χ3v) is 6.18. The van der Waals surface area contributed by atoms with Crippen LogP contribution >= 0.6 is 11.3 Å². The van der Waals surface area contributed by atoms with Crippen molar-refractivity contribution in [2.24, 2.45) is 0 Å². The highest BCUT2D eigenvalue weighted by Gasteiger charge is 2.14. The van der Waals surface area contributed by atoms with Crippen LogP contribution in [0.25, 0.3) is 10.1 Å². The molecule has 1 heterocycles. The fourth-order valence-electron chi connectivity index (χ4n) is 3.42. The molecule has 0 aliphatic rings. The molecule has 0 aliphatic heterocycles. The number of methoxy groups -OCH3 is 2. The highest BCUT2D eigenvalue weighted by molar-refractivity contribution is 7.20. The van der Waals surface area contributed by atoms with E-state index in [2.05, 4.69) is 5.32 Å². The summed E-state index contributed by atoms with van der Waals surface area (Å²) in [7, 11) is 2.94. The van der Waals surface area contributed by atoms with E-state index >= 15 is 0 Å². The first-order valence-electron chi connectivity index (χ1n) is 10.3. The van der Waals surface area contributed by atoms with E-state index in [1.807, 2.05) is 49.4 Å². The number of hydrogen-bond acceptors (Lipinski definition) is 6. The van der Waals surface area contributed by atoms with Crippen LogP contribution < -0.4 is 14.8 Å². The maximum atomic E-state index is 12.9. The van der Waals surface area contributed by atoms with Gasteiger partial charge in [0.05, 0.1) is 14.2 Å². The van der Waals surface area contributed by atoms with E-state index in [0.717, 1.165) is 27.0 Å². The lowest BCUT2D eigenvalue weighted by Crippen LogP contribution is -2.12.